The van der Waals surface area contributed by atoms with E-state index in [2.05, 4.69) is 20.5 Å². The fourth-order valence-corrected chi connectivity index (χ4v) is 3.69. The minimum Gasteiger partial charge on any atom is -0.416 e. The molecule has 2 aromatic heterocycles. The molecule has 0 saturated heterocycles. The highest BCUT2D eigenvalue weighted by Crippen LogP contribution is 2.24. The maximum absolute atomic E-state index is 13.0. The van der Waals surface area contributed by atoms with Gasteiger partial charge in [-0.1, -0.05) is 23.9 Å². The Morgan fingerprint density at radius 1 is 1.30 bits per heavy atom. The van der Waals surface area contributed by atoms with E-state index in [9.17, 15) is 9.18 Å². The molecule has 0 unspecified atom stereocenters. The molecule has 3 aromatic rings. The predicted molar refractivity (Wildman–Crippen MR) is 102 cm³/mol. The van der Waals surface area contributed by atoms with Crippen LogP contribution in [-0.4, -0.2) is 26.3 Å². The molecule has 1 amide bonds. The number of benzene rings is 1. The number of halogens is 1. The summed E-state index contributed by atoms with van der Waals surface area (Å²) in [4.78, 5) is 16.8. The van der Waals surface area contributed by atoms with Gasteiger partial charge in [-0.05, 0) is 38.5 Å². The Kier molecular flexibility index (Phi) is 6.22. The van der Waals surface area contributed by atoms with Crippen molar-refractivity contribution >= 4 is 29.0 Å². The largest absolute Gasteiger partial charge is 0.416 e. The summed E-state index contributed by atoms with van der Waals surface area (Å²) in [6.07, 6.45) is 0.472. The van der Waals surface area contributed by atoms with Gasteiger partial charge in [-0.15, -0.1) is 21.5 Å². The molecule has 2 heterocycles. The summed E-state index contributed by atoms with van der Waals surface area (Å²) < 4.78 is 18.6. The van der Waals surface area contributed by atoms with Gasteiger partial charge in [0, 0.05) is 5.38 Å². The quantitative estimate of drug-likeness (QED) is 0.599. The predicted octanol–water partition coefficient (Wildman–Crippen LogP) is 3.92. The molecule has 6 nitrogen and oxygen atoms in total. The minimum absolute atomic E-state index is 0.160. The summed E-state index contributed by atoms with van der Waals surface area (Å²) in [5.74, 6) is 0.00278. The average Bonchev–Trinajstić information content (AvgIpc) is 3.24. The van der Waals surface area contributed by atoms with Crippen LogP contribution in [-0.2, 0) is 11.2 Å². The molecule has 3 rings (SSSR count). The summed E-state index contributed by atoms with van der Waals surface area (Å²) in [6.45, 7) is 5.56. The number of rotatable bonds is 7. The lowest BCUT2D eigenvalue weighted by Crippen LogP contribution is -2.33. The van der Waals surface area contributed by atoms with E-state index in [0.29, 0.717) is 17.5 Å². The number of thioether (sulfide) groups is 1. The molecule has 142 valence electrons. The zero-order valence-electron chi connectivity index (χ0n) is 15.1. The number of aryl methyl sites for hydroxylation is 1. The van der Waals surface area contributed by atoms with Crippen molar-refractivity contribution in [1.82, 2.24) is 20.5 Å². The van der Waals surface area contributed by atoms with Crippen molar-refractivity contribution in [2.45, 2.75) is 43.7 Å². The van der Waals surface area contributed by atoms with Crippen LogP contribution in [0.25, 0.3) is 0 Å². The molecule has 0 fully saturated rings. The Hall–Kier alpha value is -2.26. The Morgan fingerprint density at radius 3 is 2.70 bits per heavy atom. The standard InChI is InChI=1S/C18H19FN4O2S2/c1-10(13-4-6-14(19)7-5-13)20-17(24)11(2)27-18-23-22-16(25-18)8-15-9-26-12(3)21-15/h4-7,9-11H,8H2,1-3H3,(H,20,24)/t10-,11+/m0/s1. The molecule has 9 heteroatoms. The SMILES string of the molecule is Cc1nc(Cc2nnc(S[C@H](C)C(=O)N[C@@H](C)c3ccc(F)cc3)o2)cs1. The highest BCUT2D eigenvalue weighted by Gasteiger charge is 2.20. The second-order valence-electron chi connectivity index (χ2n) is 6.04. The molecule has 0 bridgehead atoms. The van der Waals surface area contributed by atoms with Crippen molar-refractivity contribution in [1.29, 1.82) is 0 Å². The van der Waals surface area contributed by atoms with Gasteiger partial charge in [-0.3, -0.25) is 4.79 Å². The normalized spacial score (nSPS) is 13.3. The lowest BCUT2D eigenvalue weighted by atomic mass is 10.1. The van der Waals surface area contributed by atoms with Gasteiger partial charge in [0.05, 0.1) is 28.4 Å². The van der Waals surface area contributed by atoms with Crippen LogP contribution >= 0.6 is 23.1 Å². The monoisotopic (exact) mass is 406 g/mol. The zero-order chi connectivity index (χ0) is 19.4. The maximum atomic E-state index is 13.0. The number of carbonyl (C=O) groups excluding carboxylic acids is 1. The van der Waals surface area contributed by atoms with Crippen molar-refractivity contribution in [2.24, 2.45) is 0 Å². The Labute approximate surface area is 164 Å². The Balaban J connectivity index is 1.54. The summed E-state index contributed by atoms with van der Waals surface area (Å²) in [5.41, 5.74) is 1.72. The average molecular weight is 407 g/mol. The van der Waals surface area contributed by atoms with Gasteiger partial charge in [0.2, 0.25) is 11.8 Å². The molecule has 0 radical (unpaired) electrons. The van der Waals surface area contributed by atoms with E-state index in [1.165, 1.54) is 23.9 Å². The van der Waals surface area contributed by atoms with Crippen LogP contribution in [0.3, 0.4) is 0 Å². The van der Waals surface area contributed by atoms with Crippen LogP contribution in [0, 0.1) is 12.7 Å². The number of aromatic nitrogens is 3. The third-order valence-electron chi connectivity index (χ3n) is 3.82. The van der Waals surface area contributed by atoms with Crippen molar-refractivity contribution in [3.8, 4) is 0 Å². The first kappa shape index (κ1) is 19.5. The maximum Gasteiger partial charge on any atom is 0.277 e. The number of nitrogens with zero attached hydrogens (tertiary/aromatic N) is 3. The number of hydrogen-bond donors (Lipinski definition) is 1. The smallest absolute Gasteiger partial charge is 0.277 e. The molecular formula is C18H19FN4O2S2. The van der Waals surface area contributed by atoms with Crippen LogP contribution in [0.4, 0.5) is 4.39 Å². The van der Waals surface area contributed by atoms with E-state index in [1.54, 1.807) is 30.4 Å². The molecule has 2 atom stereocenters. The molecule has 1 aromatic carbocycles. The van der Waals surface area contributed by atoms with E-state index < -0.39 is 5.25 Å². The van der Waals surface area contributed by atoms with Gasteiger partial charge in [-0.25, -0.2) is 9.37 Å². The van der Waals surface area contributed by atoms with Crippen LogP contribution in [0.5, 0.6) is 0 Å². The third-order valence-corrected chi connectivity index (χ3v) is 5.58. The van der Waals surface area contributed by atoms with E-state index in [0.717, 1.165) is 16.3 Å². The highest BCUT2D eigenvalue weighted by molar-refractivity contribution is 8.00. The van der Waals surface area contributed by atoms with E-state index in [1.807, 2.05) is 19.2 Å². The van der Waals surface area contributed by atoms with Gasteiger partial charge >= 0.3 is 0 Å². The Bertz CT molecular complexity index is 910. The molecule has 0 spiro atoms. The van der Waals surface area contributed by atoms with Crippen LogP contribution in [0.2, 0.25) is 0 Å². The van der Waals surface area contributed by atoms with E-state index in [4.69, 9.17) is 4.42 Å². The van der Waals surface area contributed by atoms with Gasteiger partial charge in [0.25, 0.3) is 5.22 Å². The fourth-order valence-electron chi connectivity index (χ4n) is 2.37. The lowest BCUT2D eigenvalue weighted by Gasteiger charge is -2.16. The zero-order valence-corrected chi connectivity index (χ0v) is 16.7. The minimum atomic E-state index is -0.414. The molecule has 0 aliphatic heterocycles. The van der Waals surface area contributed by atoms with Crippen molar-refractivity contribution in [3.05, 3.63) is 57.6 Å². The third kappa shape index (κ3) is 5.36. The van der Waals surface area contributed by atoms with Gasteiger partial charge < -0.3 is 9.73 Å². The van der Waals surface area contributed by atoms with Crippen LogP contribution in [0.1, 0.15) is 42.0 Å². The topological polar surface area (TPSA) is 80.9 Å². The highest BCUT2D eigenvalue weighted by atomic mass is 32.2. The Morgan fingerprint density at radius 2 is 2.04 bits per heavy atom. The summed E-state index contributed by atoms with van der Waals surface area (Å²) >= 11 is 2.77. The first-order valence-electron chi connectivity index (χ1n) is 8.36. The van der Waals surface area contributed by atoms with Crippen molar-refractivity contribution in [2.75, 3.05) is 0 Å². The number of amides is 1. The molecular weight excluding hydrogens is 387 g/mol. The number of carbonyl (C=O) groups is 1. The number of hydrogen-bond acceptors (Lipinski definition) is 7. The molecule has 0 aliphatic rings. The van der Waals surface area contributed by atoms with Crippen molar-refractivity contribution in [3.63, 3.8) is 0 Å². The second kappa shape index (κ2) is 8.62. The second-order valence-corrected chi connectivity index (χ2v) is 8.39. The summed E-state index contributed by atoms with van der Waals surface area (Å²) in [6, 6.07) is 5.83. The summed E-state index contributed by atoms with van der Waals surface area (Å²) in [5, 5.41) is 13.8. The molecule has 0 aliphatic carbocycles. The lowest BCUT2D eigenvalue weighted by molar-refractivity contribution is -0.120. The van der Waals surface area contributed by atoms with Crippen molar-refractivity contribution < 1.29 is 13.6 Å². The molecule has 27 heavy (non-hydrogen) atoms. The van der Waals surface area contributed by atoms with Crippen LogP contribution in [0.15, 0.2) is 39.3 Å². The summed E-state index contributed by atoms with van der Waals surface area (Å²) in [7, 11) is 0. The van der Waals surface area contributed by atoms with Gasteiger partial charge in [0.1, 0.15) is 5.82 Å². The molecule has 0 saturated carbocycles. The first-order chi connectivity index (χ1) is 12.9. The van der Waals surface area contributed by atoms with E-state index >= 15 is 0 Å². The first-order valence-corrected chi connectivity index (χ1v) is 10.1. The number of nitrogens with one attached hydrogen (secondary N) is 1. The fraction of sp³-hybridized carbons (Fsp3) is 0.333. The van der Waals surface area contributed by atoms with Gasteiger partial charge in [-0.2, -0.15) is 0 Å². The van der Waals surface area contributed by atoms with Gasteiger partial charge in [0.15, 0.2) is 0 Å². The van der Waals surface area contributed by atoms with E-state index in [-0.39, 0.29) is 17.8 Å². The van der Waals surface area contributed by atoms with Crippen LogP contribution < -0.4 is 5.32 Å². The molecule has 1 N–H and O–H groups in total. The number of thiazole rings is 1.